The van der Waals surface area contributed by atoms with Crippen LogP contribution in [0.4, 0.5) is 5.69 Å². The fraction of sp³-hybridized carbons (Fsp3) is 0.562. The first-order valence-corrected chi connectivity index (χ1v) is 7.45. The normalized spacial score (nSPS) is 17.6. The summed E-state index contributed by atoms with van der Waals surface area (Å²) in [5.41, 5.74) is 6.79. The van der Waals surface area contributed by atoms with Crippen LogP contribution in [0.25, 0.3) is 0 Å². The lowest BCUT2D eigenvalue weighted by Crippen LogP contribution is -2.37. The first-order valence-electron chi connectivity index (χ1n) is 7.45. The number of nitrogens with two attached hydrogens (primary N) is 1. The molecule has 1 aliphatic carbocycles. The van der Waals surface area contributed by atoms with Crippen molar-refractivity contribution in [2.45, 2.75) is 51.2 Å². The van der Waals surface area contributed by atoms with Crippen LogP contribution >= 0.6 is 0 Å². The lowest BCUT2D eigenvalue weighted by atomic mass is 9.95. The summed E-state index contributed by atoms with van der Waals surface area (Å²) in [4.78, 5) is 11.9. The molecule has 4 heteroatoms. The third-order valence-electron chi connectivity index (χ3n) is 3.75. The Morgan fingerprint density at radius 1 is 1.30 bits per heavy atom. The van der Waals surface area contributed by atoms with Crippen molar-refractivity contribution in [2.24, 2.45) is 0 Å². The Kier molecular flexibility index (Phi) is 5.41. The number of nitrogen functional groups attached to an aromatic ring is 1. The van der Waals surface area contributed by atoms with Crippen LogP contribution in [-0.2, 0) is 4.74 Å². The number of ether oxygens (including phenoxy) is 1. The number of nitrogens with one attached hydrogen (secondary N) is 1. The second-order valence-corrected chi connectivity index (χ2v) is 5.58. The Morgan fingerprint density at radius 2 is 1.95 bits per heavy atom. The zero-order valence-electron chi connectivity index (χ0n) is 12.1. The molecule has 0 saturated heterocycles. The monoisotopic (exact) mass is 276 g/mol. The minimum atomic E-state index is -0.289. The van der Waals surface area contributed by atoms with Crippen LogP contribution in [0.5, 0.6) is 0 Å². The first-order chi connectivity index (χ1) is 9.65. The Bertz CT molecular complexity index is 425. The van der Waals surface area contributed by atoms with Crippen molar-refractivity contribution in [1.29, 1.82) is 0 Å². The van der Waals surface area contributed by atoms with Crippen LogP contribution in [0.3, 0.4) is 0 Å². The molecule has 0 spiro atoms. The Hall–Kier alpha value is -1.55. The molecule has 1 saturated carbocycles. The highest BCUT2D eigenvalue weighted by atomic mass is 16.5. The highest BCUT2D eigenvalue weighted by Crippen LogP contribution is 2.17. The van der Waals surface area contributed by atoms with E-state index in [1.54, 1.807) is 24.3 Å². The molecule has 0 aliphatic heterocycles. The third-order valence-corrected chi connectivity index (χ3v) is 3.75. The smallest absolute Gasteiger partial charge is 0.338 e. The van der Waals surface area contributed by atoms with Gasteiger partial charge in [-0.1, -0.05) is 19.3 Å². The zero-order valence-corrected chi connectivity index (χ0v) is 12.1. The fourth-order valence-electron chi connectivity index (χ4n) is 2.55. The van der Waals surface area contributed by atoms with Gasteiger partial charge in [-0.15, -0.1) is 0 Å². The molecule has 3 N–H and O–H groups in total. The van der Waals surface area contributed by atoms with E-state index in [-0.39, 0.29) is 12.1 Å². The second-order valence-electron chi connectivity index (χ2n) is 5.58. The summed E-state index contributed by atoms with van der Waals surface area (Å²) < 4.78 is 5.43. The molecule has 0 heterocycles. The van der Waals surface area contributed by atoms with E-state index in [1.165, 1.54) is 32.1 Å². The maximum atomic E-state index is 11.9. The Morgan fingerprint density at radius 3 is 2.60 bits per heavy atom. The average molecular weight is 276 g/mol. The highest BCUT2D eigenvalue weighted by Gasteiger charge is 2.16. The third kappa shape index (κ3) is 4.53. The maximum Gasteiger partial charge on any atom is 0.338 e. The SMILES string of the molecule is C[C@@H](CNC1CCCCC1)OC(=O)c1ccc(N)cc1. The molecule has 1 aromatic carbocycles. The summed E-state index contributed by atoms with van der Waals surface area (Å²) >= 11 is 0. The molecule has 0 unspecified atom stereocenters. The van der Waals surface area contributed by atoms with Crippen molar-refractivity contribution in [3.8, 4) is 0 Å². The second kappa shape index (κ2) is 7.29. The minimum Gasteiger partial charge on any atom is -0.458 e. The number of esters is 1. The fourth-order valence-corrected chi connectivity index (χ4v) is 2.55. The van der Waals surface area contributed by atoms with Gasteiger partial charge in [0.2, 0.25) is 0 Å². The molecule has 1 aromatic rings. The molecule has 110 valence electrons. The topological polar surface area (TPSA) is 64.3 Å². The summed E-state index contributed by atoms with van der Waals surface area (Å²) in [6.07, 6.45) is 6.30. The van der Waals surface area contributed by atoms with E-state index in [0.29, 0.717) is 23.8 Å². The van der Waals surface area contributed by atoms with Crippen LogP contribution in [0, 0.1) is 0 Å². The van der Waals surface area contributed by atoms with Gasteiger partial charge >= 0.3 is 5.97 Å². The molecule has 20 heavy (non-hydrogen) atoms. The first kappa shape index (κ1) is 14.9. The summed E-state index contributed by atoms with van der Waals surface area (Å²) in [6, 6.07) is 7.39. The van der Waals surface area contributed by atoms with Gasteiger partial charge in [-0.25, -0.2) is 4.79 Å². The minimum absolute atomic E-state index is 0.123. The van der Waals surface area contributed by atoms with Gasteiger partial charge in [-0.3, -0.25) is 0 Å². The molecule has 1 atom stereocenters. The van der Waals surface area contributed by atoms with Crippen LogP contribution < -0.4 is 11.1 Å². The highest BCUT2D eigenvalue weighted by molar-refractivity contribution is 5.89. The lowest BCUT2D eigenvalue weighted by Gasteiger charge is -2.24. The molecule has 0 aromatic heterocycles. The number of hydrogen-bond donors (Lipinski definition) is 2. The van der Waals surface area contributed by atoms with Crippen molar-refractivity contribution in [1.82, 2.24) is 5.32 Å². The van der Waals surface area contributed by atoms with E-state index in [0.717, 1.165) is 0 Å². The van der Waals surface area contributed by atoms with E-state index < -0.39 is 0 Å². The van der Waals surface area contributed by atoms with Gasteiger partial charge in [-0.05, 0) is 44.0 Å². The number of rotatable bonds is 5. The predicted molar refractivity (Wildman–Crippen MR) is 80.6 cm³/mol. The van der Waals surface area contributed by atoms with E-state index in [4.69, 9.17) is 10.5 Å². The Labute approximate surface area is 120 Å². The Balaban J connectivity index is 1.74. The van der Waals surface area contributed by atoms with E-state index >= 15 is 0 Å². The summed E-state index contributed by atoms with van der Waals surface area (Å²) in [5.74, 6) is -0.289. The molecule has 1 fully saturated rings. The number of carbonyl (C=O) groups excluding carboxylic acids is 1. The van der Waals surface area contributed by atoms with Crippen molar-refractivity contribution in [3.05, 3.63) is 29.8 Å². The van der Waals surface area contributed by atoms with Gasteiger partial charge in [0.05, 0.1) is 5.56 Å². The summed E-state index contributed by atoms with van der Waals surface area (Å²) in [7, 11) is 0. The van der Waals surface area contributed by atoms with Crippen LogP contribution in [0.1, 0.15) is 49.4 Å². The number of benzene rings is 1. The van der Waals surface area contributed by atoms with E-state index in [2.05, 4.69) is 5.32 Å². The molecule has 4 nitrogen and oxygen atoms in total. The number of carbonyl (C=O) groups is 1. The van der Waals surface area contributed by atoms with E-state index in [1.807, 2.05) is 6.92 Å². The van der Waals surface area contributed by atoms with Gasteiger partial charge in [0.1, 0.15) is 6.10 Å². The zero-order chi connectivity index (χ0) is 14.4. The lowest BCUT2D eigenvalue weighted by molar-refractivity contribution is 0.0334. The van der Waals surface area contributed by atoms with Gasteiger partial charge in [-0.2, -0.15) is 0 Å². The molecule has 0 bridgehead atoms. The standard InChI is InChI=1S/C16H24N2O2/c1-12(11-18-15-5-3-2-4-6-15)20-16(19)13-7-9-14(17)10-8-13/h7-10,12,15,18H,2-6,11,17H2,1H3/t12-/m0/s1. The van der Waals surface area contributed by atoms with Crippen LogP contribution in [-0.4, -0.2) is 24.7 Å². The van der Waals surface area contributed by atoms with Gasteiger partial charge < -0.3 is 15.8 Å². The molecule has 0 radical (unpaired) electrons. The molecular formula is C16H24N2O2. The maximum absolute atomic E-state index is 11.9. The van der Waals surface area contributed by atoms with Gasteiger partial charge in [0, 0.05) is 18.3 Å². The summed E-state index contributed by atoms with van der Waals surface area (Å²) in [6.45, 7) is 2.64. The van der Waals surface area contributed by atoms with Crippen molar-refractivity contribution >= 4 is 11.7 Å². The predicted octanol–water partition coefficient (Wildman–Crippen LogP) is 2.74. The van der Waals surface area contributed by atoms with E-state index in [9.17, 15) is 4.79 Å². The van der Waals surface area contributed by atoms with Crippen molar-refractivity contribution in [2.75, 3.05) is 12.3 Å². The van der Waals surface area contributed by atoms with Crippen LogP contribution in [0.15, 0.2) is 24.3 Å². The van der Waals surface area contributed by atoms with Crippen molar-refractivity contribution < 1.29 is 9.53 Å². The summed E-state index contributed by atoms with van der Waals surface area (Å²) in [5, 5.41) is 3.49. The average Bonchev–Trinajstić information content (AvgIpc) is 2.47. The largest absolute Gasteiger partial charge is 0.458 e. The molecule has 0 amide bonds. The van der Waals surface area contributed by atoms with Crippen molar-refractivity contribution in [3.63, 3.8) is 0 Å². The molecule has 1 aliphatic rings. The van der Waals surface area contributed by atoms with Crippen LogP contribution in [0.2, 0.25) is 0 Å². The van der Waals surface area contributed by atoms with Gasteiger partial charge in [0.15, 0.2) is 0 Å². The van der Waals surface area contributed by atoms with Gasteiger partial charge in [0.25, 0.3) is 0 Å². The quantitative estimate of drug-likeness (QED) is 0.641. The molecular weight excluding hydrogens is 252 g/mol. The number of anilines is 1. The molecule has 2 rings (SSSR count). The number of hydrogen-bond acceptors (Lipinski definition) is 4.